The van der Waals surface area contributed by atoms with E-state index >= 15 is 0 Å². The van der Waals surface area contributed by atoms with Gasteiger partial charge in [0.15, 0.2) is 5.69 Å². The van der Waals surface area contributed by atoms with Crippen molar-refractivity contribution < 1.29 is 4.79 Å². The maximum atomic E-state index is 12.6. The van der Waals surface area contributed by atoms with Crippen LogP contribution in [0.25, 0.3) is 0 Å². The van der Waals surface area contributed by atoms with Gasteiger partial charge >= 0.3 is 6.03 Å². The molecule has 0 bridgehead atoms. The molecule has 1 fully saturated rings. The van der Waals surface area contributed by atoms with Gasteiger partial charge in [0, 0.05) is 31.7 Å². The molecule has 0 spiro atoms. The zero-order valence-electron chi connectivity index (χ0n) is 16.0. The predicted octanol–water partition coefficient (Wildman–Crippen LogP) is 3.12. The maximum Gasteiger partial charge on any atom is 0.317 e. The summed E-state index contributed by atoms with van der Waals surface area (Å²) < 4.78 is 0. The third-order valence-electron chi connectivity index (χ3n) is 4.99. The highest BCUT2D eigenvalue weighted by molar-refractivity contribution is 6.31. The Hall–Kier alpha value is -2.85. The Morgan fingerprint density at radius 1 is 1.46 bits per heavy atom. The number of aromatic nitrogens is 2. The number of rotatable bonds is 4. The number of anilines is 1. The number of hydrogen-bond acceptors (Lipinski definition) is 5. The molecule has 0 radical (unpaired) electrons. The van der Waals surface area contributed by atoms with Gasteiger partial charge in [0.25, 0.3) is 0 Å². The number of urea groups is 1. The molecule has 2 aromatic rings. The lowest BCUT2D eigenvalue weighted by molar-refractivity contribution is 0.182. The number of likely N-dealkylation sites (N-methyl/N-ethyl adjacent to an activating group) is 1. The molecule has 2 heterocycles. The first kappa shape index (κ1) is 19.9. The van der Waals surface area contributed by atoms with Gasteiger partial charge in [-0.05, 0) is 37.0 Å². The van der Waals surface area contributed by atoms with Gasteiger partial charge < -0.3 is 15.1 Å². The fraction of sp³-hybridized carbons (Fsp3) is 0.400. The summed E-state index contributed by atoms with van der Waals surface area (Å²) in [6.07, 6.45) is 4.97. The molecule has 1 aliphatic heterocycles. The van der Waals surface area contributed by atoms with E-state index in [9.17, 15) is 4.79 Å². The van der Waals surface area contributed by atoms with Crippen molar-refractivity contribution in [3.63, 3.8) is 0 Å². The smallest absolute Gasteiger partial charge is 0.317 e. The number of carbonyl (C=O) groups is 1. The standard InChI is InChI=1S/C20H23ClN6O/c1-14-8-15(5-6-18(14)21)10-24-20(28)26(2)17-4-3-7-27(13-17)19-12-23-11-16(9-22)25-19/h5-6,8,11-12,17H,3-4,7,10,13H2,1-2H3,(H,24,28)/t17-/m1/s1. The normalized spacial score (nSPS) is 16.4. The first-order valence-corrected chi connectivity index (χ1v) is 9.58. The highest BCUT2D eigenvalue weighted by Gasteiger charge is 2.27. The van der Waals surface area contributed by atoms with Crippen LogP contribution in [0.5, 0.6) is 0 Å². The van der Waals surface area contributed by atoms with E-state index in [4.69, 9.17) is 16.9 Å². The molecule has 0 aliphatic carbocycles. The number of halogens is 1. The van der Waals surface area contributed by atoms with Crippen LogP contribution in [0.2, 0.25) is 5.02 Å². The van der Waals surface area contributed by atoms with Gasteiger partial charge in [0.05, 0.1) is 18.4 Å². The van der Waals surface area contributed by atoms with Crippen molar-refractivity contribution in [1.82, 2.24) is 20.2 Å². The van der Waals surface area contributed by atoms with Crippen LogP contribution in [0, 0.1) is 18.3 Å². The monoisotopic (exact) mass is 398 g/mol. The molecule has 1 atom stereocenters. The summed E-state index contributed by atoms with van der Waals surface area (Å²) >= 11 is 6.05. The number of carbonyl (C=O) groups excluding carboxylic acids is 1. The molecular formula is C20H23ClN6O. The highest BCUT2D eigenvalue weighted by atomic mass is 35.5. The Labute approximate surface area is 169 Å². The van der Waals surface area contributed by atoms with Crippen LogP contribution in [0.3, 0.4) is 0 Å². The third kappa shape index (κ3) is 4.70. The van der Waals surface area contributed by atoms with E-state index in [0.717, 1.165) is 35.5 Å². The van der Waals surface area contributed by atoms with Gasteiger partial charge in [-0.2, -0.15) is 5.26 Å². The van der Waals surface area contributed by atoms with E-state index in [-0.39, 0.29) is 12.1 Å². The lowest BCUT2D eigenvalue weighted by Gasteiger charge is -2.38. The average molecular weight is 399 g/mol. The first-order valence-electron chi connectivity index (χ1n) is 9.20. The molecule has 7 nitrogen and oxygen atoms in total. The van der Waals surface area contributed by atoms with Crippen LogP contribution in [0.4, 0.5) is 10.6 Å². The summed E-state index contributed by atoms with van der Waals surface area (Å²) in [6.45, 7) is 3.89. The zero-order chi connectivity index (χ0) is 20.1. The van der Waals surface area contributed by atoms with Gasteiger partial charge in [-0.3, -0.25) is 4.98 Å². The summed E-state index contributed by atoms with van der Waals surface area (Å²) in [5.74, 6) is 0.675. The van der Waals surface area contributed by atoms with Crippen molar-refractivity contribution in [2.24, 2.45) is 0 Å². The average Bonchev–Trinajstić information content (AvgIpc) is 2.74. The van der Waals surface area contributed by atoms with E-state index in [1.807, 2.05) is 38.2 Å². The van der Waals surface area contributed by atoms with Crippen molar-refractivity contribution in [2.75, 3.05) is 25.0 Å². The van der Waals surface area contributed by atoms with Crippen molar-refractivity contribution in [2.45, 2.75) is 32.4 Å². The lowest BCUT2D eigenvalue weighted by Crippen LogP contribution is -2.51. The van der Waals surface area contributed by atoms with Crippen molar-refractivity contribution in [1.29, 1.82) is 5.26 Å². The van der Waals surface area contributed by atoms with E-state index in [1.54, 1.807) is 11.1 Å². The van der Waals surface area contributed by atoms with E-state index in [2.05, 4.69) is 20.2 Å². The van der Waals surface area contributed by atoms with E-state index in [1.165, 1.54) is 6.20 Å². The Balaban J connectivity index is 1.59. The molecule has 0 saturated carbocycles. The topological polar surface area (TPSA) is 85.2 Å². The Morgan fingerprint density at radius 2 is 2.29 bits per heavy atom. The quantitative estimate of drug-likeness (QED) is 0.855. The number of aryl methyl sites for hydroxylation is 1. The molecule has 1 aliphatic rings. The van der Waals surface area contributed by atoms with Crippen LogP contribution < -0.4 is 10.2 Å². The molecule has 8 heteroatoms. The summed E-state index contributed by atoms with van der Waals surface area (Å²) in [4.78, 5) is 24.8. The Kier molecular flexibility index (Phi) is 6.32. The van der Waals surface area contributed by atoms with Crippen molar-refractivity contribution >= 4 is 23.4 Å². The Bertz CT molecular complexity index is 897. The second kappa shape index (κ2) is 8.89. The Morgan fingerprint density at radius 3 is 3.04 bits per heavy atom. The predicted molar refractivity (Wildman–Crippen MR) is 108 cm³/mol. The van der Waals surface area contributed by atoms with Crippen LogP contribution in [-0.4, -0.2) is 47.1 Å². The summed E-state index contributed by atoms with van der Waals surface area (Å²) in [7, 11) is 1.81. The molecule has 1 saturated heterocycles. The largest absolute Gasteiger partial charge is 0.353 e. The molecule has 146 valence electrons. The number of nitrogens with one attached hydrogen (secondary N) is 1. The molecule has 1 N–H and O–H groups in total. The van der Waals surface area contributed by atoms with E-state index in [0.29, 0.717) is 24.6 Å². The first-order chi connectivity index (χ1) is 13.5. The van der Waals surface area contributed by atoms with Gasteiger partial charge in [-0.1, -0.05) is 23.7 Å². The highest BCUT2D eigenvalue weighted by Crippen LogP contribution is 2.20. The van der Waals surface area contributed by atoms with Gasteiger partial charge in [0.2, 0.25) is 0 Å². The summed E-state index contributed by atoms with van der Waals surface area (Å²) in [5, 5.41) is 12.7. The molecule has 28 heavy (non-hydrogen) atoms. The van der Waals surface area contributed by atoms with Gasteiger partial charge in [-0.15, -0.1) is 0 Å². The maximum absolute atomic E-state index is 12.6. The number of nitrogens with zero attached hydrogens (tertiary/aromatic N) is 5. The molecule has 3 rings (SSSR count). The fourth-order valence-electron chi connectivity index (χ4n) is 3.33. The van der Waals surface area contributed by atoms with Crippen molar-refractivity contribution in [3.8, 4) is 6.07 Å². The molecule has 1 aromatic carbocycles. The number of nitriles is 1. The second-order valence-electron chi connectivity index (χ2n) is 6.97. The van der Waals surface area contributed by atoms with Crippen LogP contribution >= 0.6 is 11.6 Å². The second-order valence-corrected chi connectivity index (χ2v) is 7.38. The SMILES string of the molecule is Cc1cc(CNC(=O)N(C)[C@@H]2CCCN(c3cncc(C#N)n3)C2)ccc1Cl. The van der Waals surface area contributed by atoms with E-state index < -0.39 is 0 Å². The molecular weight excluding hydrogens is 376 g/mol. The van der Waals surface area contributed by atoms with Crippen LogP contribution in [0.1, 0.15) is 29.7 Å². The summed E-state index contributed by atoms with van der Waals surface area (Å²) in [5.41, 5.74) is 2.30. The minimum absolute atomic E-state index is 0.0632. The molecule has 2 amide bonds. The molecule has 1 aromatic heterocycles. The number of hydrogen-bond donors (Lipinski definition) is 1. The number of benzene rings is 1. The lowest BCUT2D eigenvalue weighted by atomic mass is 10.0. The van der Waals surface area contributed by atoms with Gasteiger partial charge in [-0.25, -0.2) is 9.78 Å². The number of amides is 2. The summed E-state index contributed by atoms with van der Waals surface area (Å²) in [6, 6.07) is 7.70. The van der Waals surface area contributed by atoms with Crippen LogP contribution in [0.15, 0.2) is 30.6 Å². The minimum atomic E-state index is -0.115. The third-order valence-corrected chi connectivity index (χ3v) is 5.42. The van der Waals surface area contributed by atoms with Gasteiger partial charge in [0.1, 0.15) is 11.9 Å². The fourth-order valence-corrected chi connectivity index (χ4v) is 3.44. The van der Waals surface area contributed by atoms with Crippen molar-refractivity contribution in [3.05, 3.63) is 52.4 Å². The molecule has 0 unspecified atom stereocenters. The number of piperidine rings is 1. The minimum Gasteiger partial charge on any atom is -0.353 e. The zero-order valence-corrected chi connectivity index (χ0v) is 16.8. The van der Waals surface area contributed by atoms with Crippen LogP contribution in [-0.2, 0) is 6.54 Å².